The standard InChI is InChI=1S/C20H22BrNO6S/c21-16-3-7-18(8-4-16)29(26,27)22-12-10-20(25,11-13-22)15-1-5-17(6-2-15)28-14-9-19(23)24/h1-8,25H,9-14H2,(H,23,24). The largest absolute Gasteiger partial charge is 0.493 e. The molecule has 9 heteroatoms. The zero-order valence-electron chi connectivity index (χ0n) is 15.6. The molecule has 0 radical (unpaired) electrons. The maximum atomic E-state index is 12.8. The number of carboxylic acid groups (broad SMARTS) is 1. The topological polar surface area (TPSA) is 104 Å². The molecule has 0 atom stereocenters. The summed E-state index contributed by atoms with van der Waals surface area (Å²) in [5, 5.41) is 19.7. The van der Waals surface area contributed by atoms with Crippen LogP contribution in [-0.4, -0.2) is 48.6 Å². The number of nitrogens with zero attached hydrogens (tertiary/aromatic N) is 1. The van der Waals surface area contributed by atoms with Gasteiger partial charge in [-0.05, 0) is 54.8 Å². The van der Waals surface area contributed by atoms with Gasteiger partial charge in [0.1, 0.15) is 5.75 Å². The normalized spacial score (nSPS) is 17.0. The SMILES string of the molecule is O=C(O)CCOc1ccc(C2(O)CCN(S(=O)(=O)c3ccc(Br)cc3)CC2)cc1. The fourth-order valence-electron chi connectivity index (χ4n) is 3.26. The molecule has 1 saturated heterocycles. The first-order chi connectivity index (χ1) is 13.7. The Labute approximate surface area is 178 Å². The number of carboxylic acids is 1. The molecule has 0 aliphatic carbocycles. The third-order valence-corrected chi connectivity index (χ3v) is 7.42. The van der Waals surface area contributed by atoms with E-state index < -0.39 is 21.6 Å². The molecule has 0 amide bonds. The first-order valence-electron chi connectivity index (χ1n) is 9.14. The van der Waals surface area contributed by atoms with Crippen LogP contribution in [0.5, 0.6) is 5.75 Å². The molecule has 0 spiro atoms. The zero-order chi connectivity index (χ0) is 21.1. The van der Waals surface area contributed by atoms with Gasteiger partial charge in [-0.2, -0.15) is 4.31 Å². The number of aliphatic hydroxyl groups is 1. The summed E-state index contributed by atoms with van der Waals surface area (Å²) in [5.74, 6) is -0.408. The number of piperidine rings is 1. The smallest absolute Gasteiger partial charge is 0.306 e. The second kappa shape index (κ2) is 8.83. The van der Waals surface area contributed by atoms with Crippen molar-refractivity contribution in [2.24, 2.45) is 0 Å². The Hall–Kier alpha value is -1.94. The van der Waals surface area contributed by atoms with Gasteiger partial charge in [-0.1, -0.05) is 28.1 Å². The highest BCUT2D eigenvalue weighted by atomic mass is 79.9. The van der Waals surface area contributed by atoms with Crippen molar-refractivity contribution in [1.29, 1.82) is 0 Å². The van der Waals surface area contributed by atoms with Crippen LogP contribution in [0.3, 0.4) is 0 Å². The maximum Gasteiger partial charge on any atom is 0.306 e. The Kier molecular flexibility index (Phi) is 6.62. The van der Waals surface area contributed by atoms with Crippen LogP contribution in [0.2, 0.25) is 0 Å². The maximum absolute atomic E-state index is 12.8. The predicted molar refractivity (Wildman–Crippen MR) is 110 cm³/mol. The highest BCUT2D eigenvalue weighted by Gasteiger charge is 2.38. The lowest BCUT2D eigenvalue weighted by molar-refractivity contribution is -0.137. The average Bonchev–Trinajstić information content (AvgIpc) is 2.69. The molecule has 2 aromatic rings. The van der Waals surface area contributed by atoms with Crippen LogP contribution >= 0.6 is 15.9 Å². The Morgan fingerprint density at radius 3 is 2.21 bits per heavy atom. The summed E-state index contributed by atoms with van der Waals surface area (Å²) in [6, 6.07) is 13.3. The molecule has 0 unspecified atom stereocenters. The van der Waals surface area contributed by atoms with Gasteiger partial charge < -0.3 is 14.9 Å². The number of carbonyl (C=O) groups is 1. The van der Waals surface area contributed by atoms with Gasteiger partial charge in [0.25, 0.3) is 0 Å². The highest BCUT2D eigenvalue weighted by molar-refractivity contribution is 9.10. The number of hydrogen-bond donors (Lipinski definition) is 2. The van der Waals surface area contributed by atoms with Crippen molar-refractivity contribution in [3.8, 4) is 5.75 Å². The molecular weight excluding hydrogens is 462 g/mol. The van der Waals surface area contributed by atoms with Crippen molar-refractivity contribution >= 4 is 31.9 Å². The lowest BCUT2D eigenvalue weighted by Gasteiger charge is -2.38. The van der Waals surface area contributed by atoms with Crippen LogP contribution in [-0.2, 0) is 20.4 Å². The van der Waals surface area contributed by atoms with Gasteiger partial charge in [-0.3, -0.25) is 4.79 Å². The van der Waals surface area contributed by atoms with Crippen molar-refractivity contribution in [2.45, 2.75) is 29.8 Å². The summed E-state index contributed by atoms with van der Waals surface area (Å²) >= 11 is 3.30. The van der Waals surface area contributed by atoms with E-state index in [1.165, 1.54) is 4.31 Å². The minimum absolute atomic E-state index is 0.0713. The first-order valence-corrected chi connectivity index (χ1v) is 11.4. The van der Waals surface area contributed by atoms with Gasteiger partial charge in [0.2, 0.25) is 10.0 Å². The third-order valence-electron chi connectivity index (χ3n) is 4.98. The molecule has 0 saturated carbocycles. The van der Waals surface area contributed by atoms with Crippen LogP contribution in [0.15, 0.2) is 57.9 Å². The van der Waals surface area contributed by atoms with Crippen molar-refractivity contribution in [3.63, 3.8) is 0 Å². The molecule has 2 aromatic carbocycles. The summed E-state index contributed by atoms with van der Waals surface area (Å²) in [6.07, 6.45) is 0.471. The fourth-order valence-corrected chi connectivity index (χ4v) is 4.96. The van der Waals surface area contributed by atoms with E-state index in [2.05, 4.69) is 15.9 Å². The minimum atomic E-state index is -3.60. The number of ether oxygens (including phenoxy) is 1. The van der Waals surface area contributed by atoms with Gasteiger partial charge in [0.05, 0.1) is 23.5 Å². The molecule has 1 heterocycles. The van der Waals surface area contributed by atoms with Crippen LogP contribution in [0.4, 0.5) is 0 Å². The molecule has 1 fully saturated rings. The van der Waals surface area contributed by atoms with E-state index in [0.29, 0.717) is 11.3 Å². The molecule has 1 aliphatic rings. The second-order valence-corrected chi connectivity index (χ2v) is 9.76. The molecule has 156 valence electrons. The Balaban J connectivity index is 1.64. The number of benzene rings is 2. The summed E-state index contributed by atoms with van der Waals surface area (Å²) in [5.41, 5.74) is -0.436. The quantitative estimate of drug-likeness (QED) is 0.627. The molecule has 0 bridgehead atoms. The lowest BCUT2D eigenvalue weighted by Crippen LogP contribution is -2.45. The molecule has 3 rings (SSSR count). The number of aliphatic carboxylic acids is 1. The van der Waals surface area contributed by atoms with E-state index in [0.717, 1.165) is 4.47 Å². The van der Waals surface area contributed by atoms with Crippen molar-refractivity contribution < 1.29 is 28.2 Å². The van der Waals surface area contributed by atoms with E-state index in [1.807, 2.05) is 0 Å². The highest BCUT2D eigenvalue weighted by Crippen LogP contribution is 2.35. The van der Waals surface area contributed by atoms with Gasteiger partial charge in [0, 0.05) is 17.6 Å². The van der Waals surface area contributed by atoms with Gasteiger partial charge >= 0.3 is 5.97 Å². The minimum Gasteiger partial charge on any atom is -0.493 e. The Bertz CT molecular complexity index is 951. The number of hydrogen-bond acceptors (Lipinski definition) is 5. The van der Waals surface area contributed by atoms with E-state index in [-0.39, 0.29) is 43.9 Å². The summed E-state index contributed by atoms with van der Waals surface area (Å²) in [6.45, 7) is 0.499. The molecule has 0 aromatic heterocycles. The summed E-state index contributed by atoms with van der Waals surface area (Å²) in [4.78, 5) is 10.8. The fraction of sp³-hybridized carbons (Fsp3) is 0.350. The van der Waals surface area contributed by atoms with Gasteiger partial charge in [-0.15, -0.1) is 0 Å². The molecule has 1 aliphatic heterocycles. The van der Waals surface area contributed by atoms with Crippen LogP contribution in [0.25, 0.3) is 0 Å². The third kappa shape index (κ3) is 5.16. The predicted octanol–water partition coefficient (Wildman–Crippen LogP) is 2.97. The molecular formula is C20H22BrNO6S. The number of halogens is 1. The number of rotatable bonds is 7. The first kappa shape index (κ1) is 21.8. The molecule has 2 N–H and O–H groups in total. The van der Waals surface area contributed by atoms with Crippen molar-refractivity contribution in [1.82, 2.24) is 4.31 Å². The molecule has 29 heavy (non-hydrogen) atoms. The summed E-state index contributed by atoms with van der Waals surface area (Å²) < 4.78 is 33.2. The molecule has 7 nitrogen and oxygen atoms in total. The van der Waals surface area contributed by atoms with Crippen molar-refractivity contribution in [2.75, 3.05) is 19.7 Å². The Morgan fingerprint density at radius 1 is 1.07 bits per heavy atom. The average molecular weight is 484 g/mol. The van der Waals surface area contributed by atoms with E-state index in [1.54, 1.807) is 48.5 Å². The van der Waals surface area contributed by atoms with Crippen LogP contribution in [0, 0.1) is 0 Å². The second-order valence-electron chi connectivity index (χ2n) is 6.91. The van der Waals surface area contributed by atoms with E-state index >= 15 is 0 Å². The summed E-state index contributed by atoms with van der Waals surface area (Å²) in [7, 11) is -3.60. The van der Waals surface area contributed by atoms with Gasteiger partial charge in [0.15, 0.2) is 0 Å². The van der Waals surface area contributed by atoms with E-state index in [9.17, 15) is 18.3 Å². The van der Waals surface area contributed by atoms with Crippen molar-refractivity contribution in [3.05, 3.63) is 58.6 Å². The van der Waals surface area contributed by atoms with Gasteiger partial charge in [-0.25, -0.2) is 8.42 Å². The number of sulfonamides is 1. The van der Waals surface area contributed by atoms with E-state index in [4.69, 9.17) is 9.84 Å². The Morgan fingerprint density at radius 2 is 1.66 bits per heavy atom. The zero-order valence-corrected chi connectivity index (χ0v) is 18.0. The van der Waals surface area contributed by atoms with Crippen LogP contribution in [0.1, 0.15) is 24.8 Å². The monoisotopic (exact) mass is 483 g/mol. The lowest BCUT2D eigenvalue weighted by atomic mass is 9.85. The van der Waals surface area contributed by atoms with Crippen LogP contribution < -0.4 is 4.74 Å².